The number of piperidine rings is 1. The van der Waals surface area contributed by atoms with E-state index < -0.39 is 23.5 Å². The molecular weight excluding hydrogens is 917 g/mol. The summed E-state index contributed by atoms with van der Waals surface area (Å²) >= 11 is 7.19. The van der Waals surface area contributed by atoms with Gasteiger partial charge in [-0.3, -0.25) is 34.1 Å². The number of hydrogen-bond donors (Lipinski definition) is 1. The molecule has 4 aromatic carbocycles. The molecule has 1 N–H and O–H groups in total. The van der Waals surface area contributed by atoms with Crippen LogP contribution in [0.1, 0.15) is 83.4 Å². The Balaban J connectivity index is 0.936. The van der Waals surface area contributed by atoms with Crippen LogP contribution in [0.4, 0.5) is 4.39 Å². The van der Waals surface area contributed by atoms with Crippen LogP contribution in [0.15, 0.2) is 66.7 Å². The molecule has 3 aliphatic heterocycles. The molecular formula is C53H57ClFN7O8. The van der Waals surface area contributed by atoms with Crippen molar-refractivity contribution in [1.82, 2.24) is 34.4 Å². The number of aryl methyl sites for hydroxylation is 3. The van der Waals surface area contributed by atoms with Gasteiger partial charge in [0.15, 0.2) is 6.61 Å². The predicted octanol–water partition coefficient (Wildman–Crippen LogP) is 7.56. The summed E-state index contributed by atoms with van der Waals surface area (Å²) in [5.74, 6) is -1.09. The average Bonchev–Trinajstić information content (AvgIpc) is 3.91. The molecule has 0 bridgehead atoms. The summed E-state index contributed by atoms with van der Waals surface area (Å²) in [6, 6.07) is 18.4. The summed E-state index contributed by atoms with van der Waals surface area (Å²) in [6.07, 6.45) is 1.43. The van der Waals surface area contributed by atoms with Gasteiger partial charge in [0.2, 0.25) is 11.8 Å². The second-order valence-corrected chi connectivity index (χ2v) is 19.6. The lowest BCUT2D eigenvalue weighted by Crippen LogP contribution is -2.52. The van der Waals surface area contributed by atoms with Crippen LogP contribution in [-0.2, 0) is 45.7 Å². The minimum absolute atomic E-state index is 0.136. The van der Waals surface area contributed by atoms with Gasteiger partial charge in [0, 0.05) is 91.5 Å². The van der Waals surface area contributed by atoms with Crippen LogP contribution < -0.4 is 14.8 Å². The smallest absolute Gasteiger partial charge is 0.355 e. The fourth-order valence-electron chi connectivity index (χ4n) is 10.1. The summed E-state index contributed by atoms with van der Waals surface area (Å²) < 4.78 is 36.5. The first-order valence-corrected chi connectivity index (χ1v) is 24.1. The van der Waals surface area contributed by atoms with Gasteiger partial charge < -0.3 is 28.6 Å². The van der Waals surface area contributed by atoms with Crippen LogP contribution >= 0.6 is 11.6 Å². The molecule has 17 heteroatoms. The maximum Gasteiger partial charge on any atom is 0.355 e. The highest BCUT2D eigenvalue weighted by molar-refractivity contribution is 6.35. The van der Waals surface area contributed by atoms with Crippen LogP contribution in [0, 0.1) is 19.7 Å². The van der Waals surface area contributed by atoms with Crippen molar-refractivity contribution in [2.75, 3.05) is 45.9 Å². The lowest BCUT2D eigenvalue weighted by Gasteiger charge is -2.35. The van der Waals surface area contributed by atoms with Gasteiger partial charge in [-0.25, -0.2) is 9.18 Å². The zero-order chi connectivity index (χ0) is 49.6. The number of piperazine rings is 1. The summed E-state index contributed by atoms with van der Waals surface area (Å²) in [5.41, 5.74) is 5.69. The summed E-state index contributed by atoms with van der Waals surface area (Å²) in [4.78, 5) is 71.5. The third-order valence-corrected chi connectivity index (χ3v) is 13.8. The molecule has 1 unspecified atom stereocenters. The highest BCUT2D eigenvalue weighted by atomic mass is 35.5. The van der Waals surface area contributed by atoms with Crippen molar-refractivity contribution in [1.29, 1.82) is 0 Å². The van der Waals surface area contributed by atoms with Crippen molar-refractivity contribution in [2.24, 2.45) is 7.05 Å². The molecule has 2 fully saturated rings. The van der Waals surface area contributed by atoms with Crippen LogP contribution in [0.5, 0.6) is 11.5 Å². The van der Waals surface area contributed by atoms with E-state index in [1.807, 2.05) is 76.7 Å². The van der Waals surface area contributed by atoms with Crippen molar-refractivity contribution in [3.63, 3.8) is 0 Å². The van der Waals surface area contributed by atoms with Gasteiger partial charge in [0.05, 0.1) is 29.4 Å². The average molecular weight is 975 g/mol. The second-order valence-electron chi connectivity index (χ2n) is 19.2. The molecule has 0 spiro atoms. The van der Waals surface area contributed by atoms with Gasteiger partial charge in [0.25, 0.3) is 11.8 Å². The fraction of sp³-hybridized carbons (Fsp3) is 0.396. The zero-order valence-corrected chi connectivity index (χ0v) is 41.1. The van der Waals surface area contributed by atoms with E-state index in [-0.39, 0.29) is 49.5 Å². The molecule has 1 atom stereocenters. The Kier molecular flexibility index (Phi) is 13.5. The molecule has 2 saturated heterocycles. The maximum atomic E-state index is 14.6. The van der Waals surface area contributed by atoms with E-state index in [1.165, 1.54) is 17.0 Å². The number of nitrogens with one attached hydrogen (secondary N) is 1. The van der Waals surface area contributed by atoms with Gasteiger partial charge in [-0.05, 0) is 107 Å². The Bertz CT molecular complexity index is 3080. The number of benzene rings is 4. The summed E-state index contributed by atoms with van der Waals surface area (Å²) in [7, 11) is 1.90. The molecule has 4 amide bonds. The molecule has 15 nitrogen and oxygen atoms in total. The van der Waals surface area contributed by atoms with Crippen molar-refractivity contribution >= 4 is 62.9 Å². The molecule has 366 valence electrons. The maximum absolute atomic E-state index is 14.6. The highest BCUT2D eigenvalue weighted by Crippen LogP contribution is 2.43. The van der Waals surface area contributed by atoms with Crippen molar-refractivity contribution in [3.8, 4) is 22.6 Å². The Hall–Kier alpha value is -6.78. The van der Waals surface area contributed by atoms with E-state index in [0.717, 1.165) is 49.8 Å². The number of carbonyl (C=O) groups excluding carboxylic acids is 5. The number of esters is 1. The number of halogens is 2. The molecule has 3 aliphatic rings. The Morgan fingerprint density at radius 2 is 1.64 bits per heavy atom. The lowest BCUT2D eigenvalue weighted by molar-refractivity contribution is -0.137. The van der Waals surface area contributed by atoms with Crippen LogP contribution in [0.3, 0.4) is 0 Å². The number of fused-ring (bicyclic) bond motifs is 3. The number of rotatable bonds is 14. The van der Waals surface area contributed by atoms with Gasteiger partial charge in [0.1, 0.15) is 34.7 Å². The van der Waals surface area contributed by atoms with Gasteiger partial charge in [-0.15, -0.1) is 0 Å². The van der Waals surface area contributed by atoms with Crippen LogP contribution in [0.2, 0.25) is 5.02 Å². The molecule has 2 aromatic heterocycles. The summed E-state index contributed by atoms with van der Waals surface area (Å²) in [5, 5.41) is 10.0. The first-order valence-electron chi connectivity index (χ1n) is 23.8. The monoisotopic (exact) mass is 973 g/mol. The van der Waals surface area contributed by atoms with E-state index in [2.05, 4.69) is 14.8 Å². The molecule has 0 aliphatic carbocycles. The third kappa shape index (κ3) is 9.58. The molecule has 9 rings (SSSR count). The number of aromatic nitrogens is 3. The number of amides is 4. The molecule has 0 radical (unpaired) electrons. The largest absolute Gasteiger partial charge is 0.493 e. The number of ether oxygens (including phenoxy) is 3. The zero-order valence-electron chi connectivity index (χ0n) is 40.3. The topological polar surface area (TPSA) is 158 Å². The molecule has 70 heavy (non-hydrogen) atoms. The standard InChI is InChI=1S/C53H57ClFN7O8/c1-31-46(32(2)58(6)57-31)47-40(54)18-17-37-36(12-9-27-68-42-13-7-10-33-28-34(55)15-16-35(33)42)49(52(67)70-53(3,4)5)61(48(37)47)26-23-59-21-24-60(25-22-59)45(64)30-69-43-14-8-11-38-39(43)29-62(51(38)66)41-19-20-44(63)56-50(41)65/h7-8,10-11,13-18,28,41H,9,12,19-27,29-30H2,1-6H3,(H,56,63,65). The van der Waals surface area contributed by atoms with Crippen LogP contribution in [-0.4, -0.2) is 116 Å². The Labute approximate surface area is 410 Å². The van der Waals surface area contributed by atoms with E-state index in [1.54, 1.807) is 29.2 Å². The number of imide groups is 1. The Morgan fingerprint density at radius 3 is 2.37 bits per heavy atom. The number of nitrogens with zero attached hydrogens (tertiary/aromatic N) is 6. The highest BCUT2D eigenvalue weighted by Gasteiger charge is 2.40. The SMILES string of the molecule is Cc1nn(C)c(C)c1-c1c(Cl)ccc2c(CCCOc3cccc4cc(F)ccc34)c(C(=O)OC(C)(C)C)n(CCN3CCN(C(=O)COc4cccc5c4CN(C4CCC(=O)NC4=O)C5=O)CC3)c12. The molecule has 5 heterocycles. The van der Waals surface area contributed by atoms with E-state index in [4.69, 9.17) is 30.9 Å². The second kappa shape index (κ2) is 19.5. The van der Waals surface area contributed by atoms with E-state index in [9.17, 15) is 28.4 Å². The quantitative estimate of drug-likeness (QED) is 0.0657. The van der Waals surface area contributed by atoms with Crippen molar-refractivity contribution in [2.45, 2.75) is 85.0 Å². The first kappa shape index (κ1) is 48.3. The van der Waals surface area contributed by atoms with Crippen molar-refractivity contribution < 1.29 is 42.6 Å². The van der Waals surface area contributed by atoms with Gasteiger partial charge in [-0.1, -0.05) is 35.9 Å². The van der Waals surface area contributed by atoms with E-state index >= 15 is 0 Å². The Morgan fingerprint density at radius 1 is 0.900 bits per heavy atom. The minimum atomic E-state index is -0.787. The lowest BCUT2D eigenvalue weighted by atomic mass is 9.98. The minimum Gasteiger partial charge on any atom is -0.493 e. The van der Waals surface area contributed by atoms with Crippen LogP contribution in [0.25, 0.3) is 32.8 Å². The first-order chi connectivity index (χ1) is 33.5. The van der Waals surface area contributed by atoms with Crippen molar-refractivity contribution in [3.05, 3.63) is 111 Å². The van der Waals surface area contributed by atoms with Gasteiger partial charge >= 0.3 is 5.97 Å². The predicted molar refractivity (Wildman–Crippen MR) is 263 cm³/mol. The molecule has 0 saturated carbocycles. The van der Waals surface area contributed by atoms with E-state index in [0.29, 0.717) is 92.1 Å². The number of carbonyl (C=O) groups is 5. The number of hydrogen-bond acceptors (Lipinski definition) is 10. The normalized spacial score (nSPS) is 16.6. The third-order valence-electron chi connectivity index (χ3n) is 13.5. The summed E-state index contributed by atoms with van der Waals surface area (Å²) in [6.45, 7) is 12.7. The molecule has 6 aromatic rings. The fourth-order valence-corrected chi connectivity index (χ4v) is 10.3. The van der Waals surface area contributed by atoms with Gasteiger partial charge in [-0.2, -0.15) is 5.10 Å².